The number of nitriles is 1. The van der Waals surface area contributed by atoms with Crippen LogP contribution < -0.4 is 4.72 Å². The number of carboxylic acid groups (broad SMARTS) is 1. The third-order valence-electron chi connectivity index (χ3n) is 1.80. The topological polar surface area (TPSA) is 110 Å². The molecule has 0 atom stereocenters. The van der Waals surface area contributed by atoms with E-state index in [0.29, 0.717) is 6.42 Å². The number of nitrogens with one attached hydrogen (secondary N) is 1. The lowest BCUT2D eigenvalue weighted by Gasteiger charge is -2.16. The van der Waals surface area contributed by atoms with Gasteiger partial charge in [0.05, 0.1) is 12.5 Å². The quantitative estimate of drug-likeness (QED) is 0.565. The Morgan fingerprint density at radius 3 is 2.69 bits per heavy atom. The van der Waals surface area contributed by atoms with Gasteiger partial charge in [0.2, 0.25) is 0 Å². The number of unbranched alkanes of at least 4 members (excludes halogenated alkanes) is 1. The molecule has 2 N–H and O–H groups in total. The van der Waals surface area contributed by atoms with Crippen LogP contribution in [0.1, 0.15) is 19.3 Å². The molecule has 0 aromatic heterocycles. The third-order valence-corrected chi connectivity index (χ3v) is 3.37. The molecule has 0 rings (SSSR count). The van der Waals surface area contributed by atoms with Crippen LogP contribution in [0.25, 0.3) is 0 Å². The predicted molar refractivity (Wildman–Crippen MR) is 56.7 cm³/mol. The standard InChI is InChI=1S/C8H15N3O4S/c1-11(7-4-8(12)13)16(14,15)10-6-3-2-5-9/h10H,2-4,6-7H2,1H3,(H,12,13). The van der Waals surface area contributed by atoms with Crippen LogP contribution in [-0.4, -0.2) is 43.9 Å². The first-order valence-electron chi connectivity index (χ1n) is 4.70. The fourth-order valence-electron chi connectivity index (χ4n) is 0.852. The van der Waals surface area contributed by atoms with Gasteiger partial charge in [-0.2, -0.15) is 18.0 Å². The van der Waals surface area contributed by atoms with Gasteiger partial charge in [-0.1, -0.05) is 0 Å². The summed E-state index contributed by atoms with van der Waals surface area (Å²) in [5.74, 6) is -1.05. The van der Waals surface area contributed by atoms with Crippen LogP contribution in [0.3, 0.4) is 0 Å². The molecular weight excluding hydrogens is 234 g/mol. The van der Waals surface area contributed by atoms with Gasteiger partial charge in [0.25, 0.3) is 10.2 Å². The molecule has 0 saturated carbocycles. The molecule has 0 aliphatic rings. The molecule has 0 spiro atoms. The molecule has 92 valence electrons. The molecule has 0 amide bonds. The molecule has 0 radical (unpaired) electrons. The van der Waals surface area contributed by atoms with Crippen molar-refractivity contribution in [2.75, 3.05) is 20.1 Å². The van der Waals surface area contributed by atoms with E-state index < -0.39 is 16.2 Å². The zero-order valence-corrected chi connectivity index (χ0v) is 9.83. The van der Waals surface area contributed by atoms with Gasteiger partial charge in [-0.25, -0.2) is 4.72 Å². The lowest BCUT2D eigenvalue weighted by atomic mass is 10.3. The molecule has 0 bridgehead atoms. The highest BCUT2D eigenvalue weighted by molar-refractivity contribution is 7.87. The summed E-state index contributed by atoms with van der Waals surface area (Å²) in [6, 6.07) is 1.90. The molecule has 7 nitrogen and oxygen atoms in total. The molecule has 0 unspecified atom stereocenters. The van der Waals surface area contributed by atoms with Crippen molar-refractivity contribution in [1.29, 1.82) is 5.26 Å². The smallest absolute Gasteiger partial charge is 0.304 e. The number of carboxylic acids is 1. The average Bonchev–Trinajstić information content (AvgIpc) is 2.20. The van der Waals surface area contributed by atoms with Crippen LogP contribution in [-0.2, 0) is 15.0 Å². The Labute approximate surface area is 94.8 Å². The Morgan fingerprint density at radius 2 is 2.19 bits per heavy atom. The minimum atomic E-state index is -3.63. The first-order chi connectivity index (χ1) is 7.40. The summed E-state index contributed by atoms with van der Waals surface area (Å²) in [6.45, 7) is 0.0935. The van der Waals surface area contributed by atoms with Gasteiger partial charge < -0.3 is 5.11 Å². The molecule has 0 saturated heterocycles. The maximum Gasteiger partial charge on any atom is 0.304 e. The first-order valence-corrected chi connectivity index (χ1v) is 6.14. The van der Waals surface area contributed by atoms with E-state index in [-0.39, 0.29) is 25.9 Å². The maximum absolute atomic E-state index is 11.4. The number of aliphatic carboxylic acids is 1. The Morgan fingerprint density at radius 1 is 1.56 bits per heavy atom. The van der Waals surface area contributed by atoms with Crippen molar-refractivity contribution in [3.63, 3.8) is 0 Å². The minimum Gasteiger partial charge on any atom is -0.481 e. The van der Waals surface area contributed by atoms with Crippen LogP contribution in [0.15, 0.2) is 0 Å². The van der Waals surface area contributed by atoms with Crippen LogP contribution >= 0.6 is 0 Å². The van der Waals surface area contributed by atoms with Gasteiger partial charge in [-0.15, -0.1) is 0 Å². The molecule has 0 aromatic rings. The Bertz CT molecular complexity index is 360. The van der Waals surface area contributed by atoms with Crippen LogP contribution in [0.5, 0.6) is 0 Å². The highest BCUT2D eigenvalue weighted by Crippen LogP contribution is 1.96. The number of hydrogen-bond donors (Lipinski definition) is 2. The van der Waals surface area contributed by atoms with E-state index in [1.165, 1.54) is 7.05 Å². The maximum atomic E-state index is 11.4. The second-order valence-electron chi connectivity index (χ2n) is 3.13. The van der Waals surface area contributed by atoms with Crippen molar-refractivity contribution in [3.8, 4) is 6.07 Å². The highest BCUT2D eigenvalue weighted by Gasteiger charge is 2.17. The Kier molecular flexibility index (Phi) is 6.64. The van der Waals surface area contributed by atoms with Gasteiger partial charge >= 0.3 is 5.97 Å². The number of hydrogen-bond acceptors (Lipinski definition) is 4. The molecule has 16 heavy (non-hydrogen) atoms. The molecule has 0 aliphatic heterocycles. The normalized spacial score (nSPS) is 11.3. The van der Waals surface area contributed by atoms with Crippen molar-refractivity contribution in [2.24, 2.45) is 0 Å². The van der Waals surface area contributed by atoms with Crippen molar-refractivity contribution in [1.82, 2.24) is 9.03 Å². The molecule has 0 aliphatic carbocycles. The van der Waals surface area contributed by atoms with Crippen molar-refractivity contribution in [3.05, 3.63) is 0 Å². The van der Waals surface area contributed by atoms with E-state index in [4.69, 9.17) is 10.4 Å². The fourth-order valence-corrected chi connectivity index (χ4v) is 1.81. The zero-order chi connectivity index (χ0) is 12.6. The molecule has 0 aromatic carbocycles. The van der Waals surface area contributed by atoms with E-state index in [1.807, 2.05) is 6.07 Å². The van der Waals surface area contributed by atoms with Gasteiger partial charge in [0, 0.05) is 26.6 Å². The number of carbonyl (C=O) groups is 1. The fraction of sp³-hybridized carbons (Fsp3) is 0.750. The minimum absolute atomic E-state index is 0.0804. The van der Waals surface area contributed by atoms with Crippen molar-refractivity contribution < 1.29 is 18.3 Å². The molecule has 8 heteroatoms. The van der Waals surface area contributed by atoms with E-state index in [2.05, 4.69) is 4.72 Å². The number of nitrogens with zero attached hydrogens (tertiary/aromatic N) is 2. The Hall–Kier alpha value is -1.17. The summed E-state index contributed by atoms with van der Waals surface area (Å²) in [5, 5.41) is 16.6. The van der Waals surface area contributed by atoms with Gasteiger partial charge in [-0.3, -0.25) is 4.79 Å². The van der Waals surface area contributed by atoms with Gasteiger partial charge in [0.1, 0.15) is 0 Å². The number of rotatable bonds is 8. The highest BCUT2D eigenvalue weighted by atomic mass is 32.2. The second-order valence-corrected chi connectivity index (χ2v) is 4.99. The van der Waals surface area contributed by atoms with E-state index in [0.717, 1.165) is 4.31 Å². The molecule has 0 heterocycles. The van der Waals surface area contributed by atoms with E-state index in [1.54, 1.807) is 0 Å². The van der Waals surface area contributed by atoms with Crippen molar-refractivity contribution >= 4 is 16.2 Å². The monoisotopic (exact) mass is 249 g/mol. The van der Waals surface area contributed by atoms with Crippen LogP contribution in [0, 0.1) is 11.3 Å². The van der Waals surface area contributed by atoms with Gasteiger partial charge in [-0.05, 0) is 6.42 Å². The van der Waals surface area contributed by atoms with Crippen LogP contribution in [0.2, 0.25) is 0 Å². The Balaban J connectivity index is 4.02. The first kappa shape index (κ1) is 14.8. The summed E-state index contributed by atoms with van der Waals surface area (Å²) < 4.78 is 26.1. The lowest BCUT2D eigenvalue weighted by Crippen LogP contribution is -2.39. The average molecular weight is 249 g/mol. The zero-order valence-electron chi connectivity index (χ0n) is 9.01. The largest absolute Gasteiger partial charge is 0.481 e. The summed E-state index contributed by atoms with van der Waals surface area (Å²) >= 11 is 0. The summed E-state index contributed by atoms with van der Waals surface area (Å²) in [6.07, 6.45) is 0.472. The van der Waals surface area contributed by atoms with E-state index >= 15 is 0 Å². The van der Waals surface area contributed by atoms with E-state index in [9.17, 15) is 13.2 Å². The summed E-state index contributed by atoms with van der Waals surface area (Å²) in [4.78, 5) is 10.3. The summed E-state index contributed by atoms with van der Waals surface area (Å²) in [5.41, 5.74) is 0. The summed E-state index contributed by atoms with van der Waals surface area (Å²) in [7, 11) is -2.32. The SMILES string of the molecule is CN(CCC(=O)O)S(=O)(=O)NCCCC#N. The van der Waals surface area contributed by atoms with Gasteiger partial charge in [0.15, 0.2) is 0 Å². The van der Waals surface area contributed by atoms with Crippen LogP contribution in [0.4, 0.5) is 0 Å². The molecular formula is C8H15N3O4S. The van der Waals surface area contributed by atoms with Crippen molar-refractivity contribution in [2.45, 2.75) is 19.3 Å². The second kappa shape index (κ2) is 7.16. The lowest BCUT2D eigenvalue weighted by molar-refractivity contribution is -0.137. The third kappa shape index (κ3) is 6.34. The molecule has 0 fully saturated rings. The predicted octanol–water partition coefficient (Wildman–Crippen LogP) is -0.469.